The Balaban J connectivity index is 1.81. The number of benzene rings is 2. The maximum absolute atomic E-state index is 11.7. The van der Waals surface area contributed by atoms with Gasteiger partial charge in [0.2, 0.25) is 0 Å². The highest BCUT2D eigenvalue weighted by molar-refractivity contribution is 6.35. The number of nitrogens with zero attached hydrogens (tertiary/aromatic N) is 1. The molecule has 0 unspecified atom stereocenters. The van der Waals surface area contributed by atoms with Crippen molar-refractivity contribution in [2.75, 3.05) is 6.61 Å². The van der Waals surface area contributed by atoms with Crippen molar-refractivity contribution in [3.8, 4) is 5.75 Å². The lowest BCUT2D eigenvalue weighted by Crippen LogP contribution is -2.24. The molecule has 0 heterocycles. The summed E-state index contributed by atoms with van der Waals surface area (Å²) in [4.78, 5) is 11.7. The van der Waals surface area contributed by atoms with Gasteiger partial charge in [0.25, 0.3) is 5.91 Å². The highest BCUT2D eigenvalue weighted by Crippen LogP contribution is 2.27. The van der Waals surface area contributed by atoms with Crippen LogP contribution < -0.4 is 10.2 Å². The molecule has 0 radical (unpaired) electrons. The number of hydrazone groups is 1. The number of hydrogen-bond donors (Lipinski definition) is 1. The molecule has 24 heavy (non-hydrogen) atoms. The van der Waals surface area contributed by atoms with E-state index in [1.807, 2.05) is 43.3 Å². The molecule has 0 aliphatic carbocycles. The summed E-state index contributed by atoms with van der Waals surface area (Å²) in [6, 6.07) is 14.6. The second kappa shape index (κ2) is 9.11. The number of halogens is 2. The molecule has 0 aromatic heterocycles. The quantitative estimate of drug-likeness (QED) is 0.603. The third kappa shape index (κ3) is 6.07. The van der Waals surface area contributed by atoms with Gasteiger partial charge in [-0.2, -0.15) is 5.10 Å². The molecule has 1 amide bonds. The van der Waals surface area contributed by atoms with Gasteiger partial charge >= 0.3 is 0 Å². The molecule has 0 fully saturated rings. The van der Waals surface area contributed by atoms with Gasteiger partial charge in [-0.25, -0.2) is 5.43 Å². The predicted molar refractivity (Wildman–Crippen MR) is 98.7 cm³/mol. The molecule has 0 saturated carbocycles. The van der Waals surface area contributed by atoms with Crippen molar-refractivity contribution >= 4 is 41.4 Å². The maximum Gasteiger partial charge on any atom is 0.277 e. The first-order valence-electron chi connectivity index (χ1n) is 7.17. The second-order valence-electron chi connectivity index (χ2n) is 4.96. The Morgan fingerprint density at radius 3 is 2.67 bits per heavy atom. The largest absolute Gasteiger partial charge is 0.482 e. The van der Waals surface area contributed by atoms with Crippen molar-refractivity contribution < 1.29 is 9.53 Å². The van der Waals surface area contributed by atoms with E-state index in [2.05, 4.69) is 10.5 Å². The van der Waals surface area contributed by atoms with Crippen molar-refractivity contribution in [3.63, 3.8) is 0 Å². The molecule has 2 aromatic carbocycles. The van der Waals surface area contributed by atoms with E-state index in [4.69, 9.17) is 27.9 Å². The van der Waals surface area contributed by atoms with Crippen molar-refractivity contribution in [1.82, 2.24) is 5.43 Å². The number of allylic oxidation sites excluding steroid dienone is 1. The minimum absolute atomic E-state index is 0.194. The summed E-state index contributed by atoms with van der Waals surface area (Å²) in [5.41, 5.74) is 4.37. The Kier molecular flexibility index (Phi) is 6.85. The number of rotatable bonds is 6. The minimum atomic E-state index is -0.384. The molecule has 2 aromatic rings. The fourth-order valence-corrected chi connectivity index (χ4v) is 2.29. The molecule has 2 rings (SSSR count). The van der Waals surface area contributed by atoms with Crippen molar-refractivity contribution in [3.05, 3.63) is 69.7 Å². The van der Waals surface area contributed by atoms with E-state index < -0.39 is 0 Å². The number of carbonyl (C=O) groups is 1. The van der Waals surface area contributed by atoms with Crippen LogP contribution in [0.4, 0.5) is 0 Å². The van der Waals surface area contributed by atoms with Gasteiger partial charge in [0.1, 0.15) is 5.75 Å². The summed E-state index contributed by atoms with van der Waals surface area (Å²) in [6.07, 6.45) is 3.53. The van der Waals surface area contributed by atoms with Crippen molar-refractivity contribution in [2.45, 2.75) is 6.92 Å². The summed E-state index contributed by atoms with van der Waals surface area (Å²) in [6.45, 7) is 1.70. The lowest BCUT2D eigenvalue weighted by Gasteiger charge is -2.06. The molecule has 6 heteroatoms. The molecule has 0 saturated heterocycles. The SMILES string of the molecule is CC(=C/c1ccccc1)/C=N/NC(=O)COc1ccc(Cl)cc1Cl. The molecule has 124 valence electrons. The normalized spacial score (nSPS) is 11.5. The monoisotopic (exact) mass is 362 g/mol. The molecule has 0 spiro atoms. The van der Waals surface area contributed by atoms with Gasteiger partial charge in [0.05, 0.1) is 11.2 Å². The van der Waals surface area contributed by atoms with Crippen LogP contribution in [0.1, 0.15) is 12.5 Å². The number of amides is 1. The van der Waals surface area contributed by atoms with Crippen LogP contribution in [0.3, 0.4) is 0 Å². The van der Waals surface area contributed by atoms with Crippen LogP contribution in [0.15, 0.2) is 59.2 Å². The lowest BCUT2D eigenvalue weighted by atomic mass is 10.1. The Bertz CT molecular complexity index is 759. The topological polar surface area (TPSA) is 50.7 Å². The molecular weight excluding hydrogens is 347 g/mol. The van der Waals surface area contributed by atoms with Crippen LogP contribution in [-0.2, 0) is 4.79 Å². The van der Waals surface area contributed by atoms with Gasteiger partial charge in [-0.05, 0) is 36.3 Å². The highest BCUT2D eigenvalue weighted by atomic mass is 35.5. The van der Waals surface area contributed by atoms with Crippen LogP contribution in [0.2, 0.25) is 10.0 Å². The number of carbonyl (C=O) groups excluding carboxylic acids is 1. The molecular formula is C18H16Cl2N2O2. The van der Waals surface area contributed by atoms with Crippen molar-refractivity contribution in [2.24, 2.45) is 5.10 Å². The summed E-state index contributed by atoms with van der Waals surface area (Å²) < 4.78 is 5.32. The first-order valence-corrected chi connectivity index (χ1v) is 7.93. The van der Waals surface area contributed by atoms with Gasteiger partial charge in [0, 0.05) is 5.02 Å². The molecule has 0 bridgehead atoms. The Labute approximate surface area is 150 Å². The summed E-state index contributed by atoms with van der Waals surface area (Å²) in [5.74, 6) is 0.00475. The Morgan fingerprint density at radius 1 is 1.21 bits per heavy atom. The number of hydrogen-bond acceptors (Lipinski definition) is 3. The van der Waals surface area contributed by atoms with E-state index in [-0.39, 0.29) is 12.5 Å². The van der Waals surface area contributed by atoms with E-state index in [1.165, 1.54) is 0 Å². The van der Waals surface area contributed by atoms with Crippen LogP contribution in [0, 0.1) is 0 Å². The molecule has 1 N–H and O–H groups in total. The van der Waals surface area contributed by atoms with Gasteiger partial charge < -0.3 is 4.74 Å². The fraction of sp³-hybridized carbons (Fsp3) is 0.111. The van der Waals surface area contributed by atoms with E-state index >= 15 is 0 Å². The fourth-order valence-electron chi connectivity index (χ4n) is 1.82. The smallest absolute Gasteiger partial charge is 0.277 e. The first kappa shape index (κ1) is 18.0. The summed E-state index contributed by atoms with van der Waals surface area (Å²) in [7, 11) is 0. The first-order chi connectivity index (χ1) is 11.5. The lowest BCUT2D eigenvalue weighted by molar-refractivity contribution is -0.123. The average molecular weight is 363 g/mol. The number of ether oxygens (including phenoxy) is 1. The maximum atomic E-state index is 11.7. The zero-order valence-electron chi connectivity index (χ0n) is 13.0. The third-order valence-electron chi connectivity index (χ3n) is 2.90. The molecule has 0 aliphatic heterocycles. The van der Waals surface area contributed by atoms with Crippen LogP contribution >= 0.6 is 23.2 Å². The third-order valence-corrected chi connectivity index (χ3v) is 3.43. The molecule has 0 atom stereocenters. The standard InChI is InChI=1S/C18H16Cl2N2O2/c1-13(9-14-5-3-2-4-6-14)11-21-22-18(23)12-24-17-8-7-15(19)10-16(17)20/h2-11H,12H2,1H3,(H,22,23)/b13-9-,21-11+. The van der Waals surface area contributed by atoms with E-state index in [1.54, 1.807) is 24.4 Å². The summed E-state index contributed by atoms with van der Waals surface area (Å²) >= 11 is 11.7. The molecule has 4 nitrogen and oxygen atoms in total. The average Bonchev–Trinajstić information content (AvgIpc) is 2.55. The van der Waals surface area contributed by atoms with Crippen LogP contribution in [-0.4, -0.2) is 18.7 Å². The van der Waals surface area contributed by atoms with Gasteiger partial charge in [0.15, 0.2) is 6.61 Å². The Morgan fingerprint density at radius 2 is 1.96 bits per heavy atom. The van der Waals surface area contributed by atoms with E-state index in [0.29, 0.717) is 15.8 Å². The van der Waals surface area contributed by atoms with Gasteiger partial charge in [-0.1, -0.05) is 59.6 Å². The van der Waals surface area contributed by atoms with Crippen molar-refractivity contribution in [1.29, 1.82) is 0 Å². The zero-order chi connectivity index (χ0) is 17.4. The zero-order valence-corrected chi connectivity index (χ0v) is 14.5. The van der Waals surface area contributed by atoms with Gasteiger partial charge in [-0.15, -0.1) is 0 Å². The summed E-state index contributed by atoms with van der Waals surface area (Å²) in [5, 5.41) is 4.74. The Hall–Kier alpha value is -2.30. The second-order valence-corrected chi connectivity index (χ2v) is 5.80. The van der Waals surface area contributed by atoms with E-state index in [9.17, 15) is 4.79 Å². The number of nitrogens with one attached hydrogen (secondary N) is 1. The predicted octanol–water partition coefficient (Wildman–Crippen LogP) is 4.58. The van der Waals surface area contributed by atoms with Crippen LogP contribution in [0.5, 0.6) is 5.75 Å². The molecule has 0 aliphatic rings. The highest BCUT2D eigenvalue weighted by Gasteiger charge is 2.05. The minimum Gasteiger partial charge on any atom is -0.482 e. The van der Waals surface area contributed by atoms with Gasteiger partial charge in [-0.3, -0.25) is 4.79 Å². The van der Waals surface area contributed by atoms with E-state index in [0.717, 1.165) is 11.1 Å². The van der Waals surface area contributed by atoms with Crippen LogP contribution in [0.25, 0.3) is 6.08 Å².